The summed E-state index contributed by atoms with van der Waals surface area (Å²) < 4.78 is 1.35. The van der Waals surface area contributed by atoms with E-state index in [1.165, 1.54) is 26.8 Å². The van der Waals surface area contributed by atoms with Crippen LogP contribution in [0.15, 0.2) is 90.3 Å². The first-order chi connectivity index (χ1) is 10.9. The van der Waals surface area contributed by atoms with Gasteiger partial charge in [-0.15, -0.1) is 11.3 Å². The van der Waals surface area contributed by atoms with E-state index in [-0.39, 0.29) is 5.92 Å². The fourth-order valence-electron chi connectivity index (χ4n) is 3.03. The Morgan fingerprint density at radius 3 is 1.86 bits per heavy atom. The quantitative estimate of drug-likeness (QED) is 0.402. The Labute approximate surface area is 134 Å². The van der Waals surface area contributed by atoms with Crippen LogP contribution in [0.25, 0.3) is 10.1 Å². The van der Waals surface area contributed by atoms with E-state index in [9.17, 15) is 0 Å². The van der Waals surface area contributed by atoms with Gasteiger partial charge in [-0.3, -0.25) is 0 Å². The van der Waals surface area contributed by atoms with Gasteiger partial charge >= 0.3 is 0 Å². The predicted molar refractivity (Wildman–Crippen MR) is 95.7 cm³/mol. The van der Waals surface area contributed by atoms with Crippen molar-refractivity contribution in [1.82, 2.24) is 0 Å². The summed E-state index contributed by atoms with van der Waals surface area (Å²) in [5, 5.41) is 3.49. The molecule has 0 amide bonds. The maximum absolute atomic E-state index is 2.33. The van der Waals surface area contributed by atoms with Crippen molar-refractivity contribution >= 4 is 21.4 Å². The maximum Gasteiger partial charge on any atom is 0.0342 e. The highest BCUT2D eigenvalue weighted by molar-refractivity contribution is 7.17. The van der Waals surface area contributed by atoms with Crippen molar-refractivity contribution in [3.8, 4) is 0 Å². The molecule has 0 bridgehead atoms. The molecule has 0 N–H and O–H groups in total. The molecule has 0 radical (unpaired) electrons. The minimum Gasteiger partial charge on any atom is -0.144 e. The van der Waals surface area contributed by atoms with Crippen LogP contribution in [0.4, 0.5) is 0 Å². The Hall–Kier alpha value is -2.38. The molecule has 0 fully saturated rings. The van der Waals surface area contributed by atoms with Gasteiger partial charge in [-0.05, 0) is 45.7 Å². The van der Waals surface area contributed by atoms with E-state index in [0.717, 1.165) is 0 Å². The fourth-order valence-corrected chi connectivity index (χ4v) is 3.80. The van der Waals surface area contributed by atoms with Crippen LogP contribution in [0.3, 0.4) is 0 Å². The first-order valence-corrected chi connectivity index (χ1v) is 8.37. The van der Waals surface area contributed by atoms with Gasteiger partial charge in [0.25, 0.3) is 0 Å². The third-order valence-electron chi connectivity index (χ3n) is 4.08. The normalized spacial score (nSPS) is 11.1. The van der Waals surface area contributed by atoms with Crippen molar-refractivity contribution in [3.63, 3.8) is 0 Å². The molecule has 4 aromatic rings. The monoisotopic (exact) mass is 300 g/mol. The second-order valence-electron chi connectivity index (χ2n) is 5.47. The topological polar surface area (TPSA) is 0 Å². The summed E-state index contributed by atoms with van der Waals surface area (Å²) >= 11 is 1.80. The van der Waals surface area contributed by atoms with E-state index in [0.29, 0.717) is 0 Å². The smallest absolute Gasteiger partial charge is 0.0342 e. The molecule has 0 spiro atoms. The summed E-state index contributed by atoms with van der Waals surface area (Å²) in [7, 11) is 0. The van der Waals surface area contributed by atoms with Crippen LogP contribution in [-0.4, -0.2) is 0 Å². The molecule has 1 heteroatoms. The molecule has 1 aromatic heterocycles. The average molecular weight is 300 g/mol. The molecule has 0 aliphatic rings. The van der Waals surface area contributed by atoms with Gasteiger partial charge in [-0.1, -0.05) is 66.7 Å². The van der Waals surface area contributed by atoms with Crippen LogP contribution in [0.2, 0.25) is 0 Å². The highest BCUT2D eigenvalue weighted by atomic mass is 32.1. The molecular weight excluding hydrogens is 284 g/mol. The van der Waals surface area contributed by atoms with E-state index >= 15 is 0 Å². The molecular formula is C21H16S. The lowest BCUT2D eigenvalue weighted by Crippen LogP contribution is -2.02. The predicted octanol–water partition coefficient (Wildman–Crippen LogP) is 6.08. The van der Waals surface area contributed by atoms with Crippen molar-refractivity contribution in [1.29, 1.82) is 0 Å². The molecule has 0 atom stereocenters. The van der Waals surface area contributed by atoms with Crippen LogP contribution in [0.1, 0.15) is 22.6 Å². The summed E-state index contributed by atoms with van der Waals surface area (Å²) in [6.45, 7) is 0. The van der Waals surface area contributed by atoms with Gasteiger partial charge in [0.2, 0.25) is 0 Å². The molecule has 0 aliphatic heterocycles. The summed E-state index contributed by atoms with van der Waals surface area (Å²) in [6.07, 6.45) is 0. The van der Waals surface area contributed by atoms with E-state index in [2.05, 4.69) is 90.3 Å². The first-order valence-electron chi connectivity index (χ1n) is 7.49. The summed E-state index contributed by atoms with van der Waals surface area (Å²) in [5.41, 5.74) is 4.02. The SMILES string of the molecule is c1ccc(C(c2ccccc2)c2ccc3sccc3c2)cc1. The van der Waals surface area contributed by atoms with Crippen LogP contribution in [0.5, 0.6) is 0 Å². The largest absolute Gasteiger partial charge is 0.144 e. The van der Waals surface area contributed by atoms with Gasteiger partial charge in [0.15, 0.2) is 0 Å². The average Bonchev–Trinajstić information content (AvgIpc) is 3.05. The van der Waals surface area contributed by atoms with Crippen molar-refractivity contribution in [2.75, 3.05) is 0 Å². The second kappa shape index (κ2) is 5.78. The molecule has 106 valence electrons. The molecule has 0 saturated heterocycles. The van der Waals surface area contributed by atoms with Gasteiger partial charge in [0.05, 0.1) is 0 Å². The van der Waals surface area contributed by atoms with E-state index in [1.54, 1.807) is 11.3 Å². The Balaban J connectivity index is 1.90. The fraction of sp³-hybridized carbons (Fsp3) is 0.0476. The lowest BCUT2D eigenvalue weighted by atomic mass is 9.85. The first kappa shape index (κ1) is 13.3. The number of fused-ring (bicyclic) bond motifs is 1. The summed E-state index contributed by atoms with van der Waals surface area (Å²) in [6, 6.07) is 30.5. The van der Waals surface area contributed by atoms with Crippen LogP contribution >= 0.6 is 11.3 Å². The number of benzene rings is 3. The van der Waals surface area contributed by atoms with E-state index in [4.69, 9.17) is 0 Å². The Bertz CT molecular complexity index is 836. The van der Waals surface area contributed by atoms with Crippen LogP contribution in [0, 0.1) is 0 Å². The van der Waals surface area contributed by atoms with Gasteiger partial charge in [0.1, 0.15) is 0 Å². The zero-order valence-corrected chi connectivity index (χ0v) is 13.0. The standard InChI is InChI=1S/C21H16S/c1-3-7-16(8-4-1)21(17-9-5-2-6-10-17)19-11-12-20-18(15-19)13-14-22-20/h1-15,21H. The highest BCUT2D eigenvalue weighted by Gasteiger charge is 2.16. The molecule has 0 unspecified atom stereocenters. The van der Waals surface area contributed by atoms with Crippen molar-refractivity contribution in [2.45, 2.75) is 5.92 Å². The van der Waals surface area contributed by atoms with Gasteiger partial charge in [-0.2, -0.15) is 0 Å². The van der Waals surface area contributed by atoms with Gasteiger partial charge < -0.3 is 0 Å². The second-order valence-corrected chi connectivity index (χ2v) is 6.42. The summed E-state index contributed by atoms with van der Waals surface area (Å²) in [4.78, 5) is 0. The molecule has 22 heavy (non-hydrogen) atoms. The van der Waals surface area contributed by atoms with Crippen molar-refractivity contribution < 1.29 is 0 Å². The van der Waals surface area contributed by atoms with Crippen molar-refractivity contribution in [2.24, 2.45) is 0 Å². The van der Waals surface area contributed by atoms with Crippen LogP contribution in [-0.2, 0) is 0 Å². The molecule has 1 heterocycles. The molecule has 0 nitrogen and oxygen atoms in total. The zero-order valence-electron chi connectivity index (χ0n) is 12.1. The van der Waals surface area contributed by atoms with Gasteiger partial charge in [-0.25, -0.2) is 0 Å². The lowest BCUT2D eigenvalue weighted by molar-refractivity contribution is 0.980. The highest BCUT2D eigenvalue weighted by Crippen LogP contribution is 2.34. The Kier molecular flexibility index (Phi) is 3.49. The molecule has 4 rings (SSSR count). The third kappa shape index (κ3) is 2.44. The molecule has 3 aromatic carbocycles. The molecule has 0 aliphatic carbocycles. The summed E-state index contributed by atoms with van der Waals surface area (Å²) in [5.74, 6) is 0.284. The van der Waals surface area contributed by atoms with E-state index in [1.807, 2.05) is 0 Å². The maximum atomic E-state index is 2.33. The third-order valence-corrected chi connectivity index (χ3v) is 4.97. The Morgan fingerprint density at radius 2 is 1.23 bits per heavy atom. The van der Waals surface area contributed by atoms with Crippen molar-refractivity contribution in [3.05, 3.63) is 107 Å². The number of hydrogen-bond donors (Lipinski definition) is 0. The number of hydrogen-bond acceptors (Lipinski definition) is 1. The van der Waals surface area contributed by atoms with E-state index < -0.39 is 0 Å². The van der Waals surface area contributed by atoms with Crippen LogP contribution < -0.4 is 0 Å². The number of thiophene rings is 1. The lowest BCUT2D eigenvalue weighted by Gasteiger charge is -2.19. The van der Waals surface area contributed by atoms with Gasteiger partial charge in [0, 0.05) is 10.6 Å². The minimum atomic E-state index is 0.284. The molecule has 0 saturated carbocycles. The Morgan fingerprint density at radius 1 is 0.591 bits per heavy atom. The minimum absolute atomic E-state index is 0.284. The number of rotatable bonds is 3. The zero-order chi connectivity index (χ0) is 14.8.